The zero-order valence-corrected chi connectivity index (χ0v) is 11.8. The van der Waals surface area contributed by atoms with Gasteiger partial charge >= 0.3 is 5.97 Å². The molecule has 1 amide bonds. The Morgan fingerprint density at radius 3 is 2.45 bits per heavy atom. The molecular weight excluding hydrogens is 289 g/mol. The maximum atomic E-state index is 12.7. The molecule has 2 aromatic rings. The average molecular weight is 303 g/mol. The van der Waals surface area contributed by atoms with Crippen LogP contribution >= 0.6 is 0 Å². The van der Waals surface area contributed by atoms with Gasteiger partial charge in [0, 0.05) is 0 Å². The summed E-state index contributed by atoms with van der Waals surface area (Å²) in [7, 11) is 1.49. The topological polar surface area (TPSA) is 64.6 Å². The molecule has 2 aromatic carbocycles. The molecule has 0 aliphatic carbocycles. The summed E-state index contributed by atoms with van der Waals surface area (Å²) in [5, 5.41) is 2.58. The number of carbonyl (C=O) groups is 2. The highest BCUT2D eigenvalue weighted by Gasteiger charge is 2.11. The summed E-state index contributed by atoms with van der Waals surface area (Å²) >= 11 is 0. The highest BCUT2D eigenvalue weighted by molar-refractivity contribution is 5.96. The molecule has 0 aromatic heterocycles. The van der Waals surface area contributed by atoms with Crippen molar-refractivity contribution < 1.29 is 23.5 Å². The predicted octanol–water partition coefficient (Wildman–Crippen LogP) is 2.63. The van der Waals surface area contributed by atoms with E-state index >= 15 is 0 Å². The lowest BCUT2D eigenvalue weighted by atomic mass is 10.2. The van der Waals surface area contributed by atoms with Crippen molar-refractivity contribution in [1.82, 2.24) is 0 Å². The van der Waals surface area contributed by atoms with E-state index in [-0.39, 0.29) is 5.56 Å². The first kappa shape index (κ1) is 15.5. The van der Waals surface area contributed by atoms with Crippen molar-refractivity contribution in [3.05, 3.63) is 59.9 Å². The Hall–Kier alpha value is -2.89. The van der Waals surface area contributed by atoms with Crippen molar-refractivity contribution in [3.8, 4) is 5.75 Å². The minimum absolute atomic E-state index is 0.173. The van der Waals surface area contributed by atoms with E-state index in [0.29, 0.717) is 11.4 Å². The number of benzene rings is 2. The number of carbonyl (C=O) groups excluding carboxylic acids is 2. The molecule has 22 heavy (non-hydrogen) atoms. The van der Waals surface area contributed by atoms with E-state index in [9.17, 15) is 14.0 Å². The molecule has 0 heterocycles. The summed E-state index contributed by atoms with van der Waals surface area (Å²) in [5.74, 6) is -1.15. The van der Waals surface area contributed by atoms with Gasteiger partial charge in [-0.1, -0.05) is 12.1 Å². The van der Waals surface area contributed by atoms with Crippen LogP contribution in [0.2, 0.25) is 0 Å². The highest BCUT2D eigenvalue weighted by atomic mass is 19.1. The largest absolute Gasteiger partial charge is 0.495 e. The molecule has 0 radical (unpaired) electrons. The van der Waals surface area contributed by atoms with E-state index in [1.54, 1.807) is 24.3 Å². The zero-order chi connectivity index (χ0) is 15.9. The number of halogens is 1. The van der Waals surface area contributed by atoms with Crippen LogP contribution in [-0.4, -0.2) is 25.6 Å². The van der Waals surface area contributed by atoms with Gasteiger partial charge in [-0.3, -0.25) is 4.79 Å². The molecule has 5 nitrogen and oxygen atoms in total. The molecule has 1 N–H and O–H groups in total. The smallest absolute Gasteiger partial charge is 0.338 e. The molecule has 0 saturated carbocycles. The molecule has 0 bridgehead atoms. The van der Waals surface area contributed by atoms with Gasteiger partial charge in [-0.15, -0.1) is 0 Å². The van der Waals surface area contributed by atoms with E-state index in [2.05, 4.69) is 5.32 Å². The van der Waals surface area contributed by atoms with E-state index in [1.807, 2.05) is 0 Å². The Morgan fingerprint density at radius 1 is 1.09 bits per heavy atom. The monoisotopic (exact) mass is 303 g/mol. The first-order chi connectivity index (χ1) is 10.6. The van der Waals surface area contributed by atoms with Gasteiger partial charge in [0.1, 0.15) is 11.6 Å². The van der Waals surface area contributed by atoms with Crippen molar-refractivity contribution in [2.75, 3.05) is 19.0 Å². The van der Waals surface area contributed by atoms with Gasteiger partial charge in [0.15, 0.2) is 6.61 Å². The Bertz CT molecular complexity index is 670. The van der Waals surface area contributed by atoms with Crippen LogP contribution in [0.1, 0.15) is 10.4 Å². The normalized spacial score (nSPS) is 9.91. The van der Waals surface area contributed by atoms with Crippen LogP contribution in [0.4, 0.5) is 10.1 Å². The summed E-state index contributed by atoms with van der Waals surface area (Å²) in [6.45, 7) is -0.450. The number of anilines is 1. The average Bonchev–Trinajstić information content (AvgIpc) is 2.54. The van der Waals surface area contributed by atoms with Gasteiger partial charge in [-0.05, 0) is 36.4 Å². The number of amides is 1. The van der Waals surface area contributed by atoms with Crippen LogP contribution in [0.15, 0.2) is 48.5 Å². The predicted molar refractivity (Wildman–Crippen MR) is 78.3 cm³/mol. The minimum atomic E-state index is -0.699. The molecule has 0 aliphatic rings. The SMILES string of the molecule is COc1ccccc1NC(=O)COC(=O)c1ccc(F)cc1. The first-order valence-corrected chi connectivity index (χ1v) is 6.45. The first-order valence-electron chi connectivity index (χ1n) is 6.45. The molecule has 0 saturated heterocycles. The van der Waals surface area contributed by atoms with Crippen LogP contribution in [0.5, 0.6) is 5.75 Å². The van der Waals surface area contributed by atoms with Crippen molar-refractivity contribution >= 4 is 17.6 Å². The summed E-state index contributed by atoms with van der Waals surface area (Å²) in [5.41, 5.74) is 0.652. The van der Waals surface area contributed by atoms with Crippen LogP contribution in [0.25, 0.3) is 0 Å². The van der Waals surface area contributed by atoms with Crippen molar-refractivity contribution in [1.29, 1.82) is 0 Å². The number of methoxy groups -OCH3 is 1. The fourth-order valence-electron chi connectivity index (χ4n) is 1.73. The third kappa shape index (κ3) is 4.05. The van der Waals surface area contributed by atoms with Gasteiger partial charge in [-0.2, -0.15) is 0 Å². The van der Waals surface area contributed by atoms with Gasteiger partial charge in [0.05, 0.1) is 18.4 Å². The third-order valence-electron chi connectivity index (χ3n) is 2.80. The second kappa shape index (κ2) is 7.21. The Kier molecular flexibility index (Phi) is 5.08. The number of ether oxygens (including phenoxy) is 2. The molecule has 2 rings (SSSR count). The third-order valence-corrected chi connectivity index (χ3v) is 2.80. The lowest BCUT2D eigenvalue weighted by Gasteiger charge is -2.10. The van der Waals surface area contributed by atoms with E-state index in [1.165, 1.54) is 19.2 Å². The number of esters is 1. The maximum absolute atomic E-state index is 12.7. The second-order valence-corrected chi connectivity index (χ2v) is 4.33. The molecule has 0 atom stereocenters. The quantitative estimate of drug-likeness (QED) is 0.862. The Balaban J connectivity index is 1.90. The summed E-state index contributed by atoms with van der Waals surface area (Å²) in [6, 6.07) is 11.7. The molecule has 0 unspecified atom stereocenters. The number of hydrogen-bond acceptors (Lipinski definition) is 4. The standard InChI is InChI=1S/C16H14FNO4/c1-21-14-5-3-2-4-13(14)18-15(19)10-22-16(20)11-6-8-12(17)9-7-11/h2-9H,10H2,1H3,(H,18,19). The number of rotatable bonds is 5. The van der Waals surface area contributed by atoms with E-state index in [4.69, 9.17) is 9.47 Å². The van der Waals surface area contributed by atoms with Crippen LogP contribution < -0.4 is 10.1 Å². The van der Waals surface area contributed by atoms with Gasteiger partial charge < -0.3 is 14.8 Å². The summed E-state index contributed by atoms with van der Waals surface area (Å²) in [4.78, 5) is 23.5. The van der Waals surface area contributed by atoms with Crippen LogP contribution in [0.3, 0.4) is 0 Å². The van der Waals surface area contributed by atoms with Gasteiger partial charge in [0.2, 0.25) is 0 Å². The van der Waals surface area contributed by atoms with Crippen LogP contribution in [0, 0.1) is 5.82 Å². The minimum Gasteiger partial charge on any atom is -0.495 e. The van der Waals surface area contributed by atoms with E-state index in [0.717, 1.165) is 12.1 Å². The molecule has 114 valence electrons. The van der Waals surface area contributed by atoms with Crippen molar-refractivity contribution in [3.63, 3.8) is 0 Å². The number of para-hydroxylation sites is 2. The molecule has 0 spiro atoms. The molecule has 6 heteroatoms. The number of hydrogen-bond donors (Lipinski definition) is 1. The fourth-order valence-corrected chi connectivity index (χ4v) is 1.73. The lowest BCUT2D eigenvalue weighted by molar-refractivity contribution is -0.119. The Labute approximate surface area is 126 Å². The Morgan fingerprint density at radius 2 is 1.77 bits per heavy atom. The van der Waals surface area contributed by atoms with Gasteiger partial charge in [0.25, 0.3) is 5.91 Å². The molecule has 0 aliphatic heterocycles. The highest BCUT2D eigenvalue weighted by Crippen LogP contribution is 2.22. The lowest BCUT2D eigenvalue weighted by Crippen LogP contribution is -2.21. The summed E-state index contributed by atoms with van der Waals surface area (Å²) < 4.78 is 22.7. The maximum Gasteiger partial charge on any atom is 0.338 e. The number of nitrogens with one attached hydrogen (secondary N) is 1. The second-order valence-electron chi connectivity index (χ2n) is 4.33. The van der Waals surface area contributed by atoms with Crippen LogP contribution in [-0.2, 0) is 9.53 Å². The molecule has 0 fully saturated rings. The van der Waals surface area contributed by atoms with Crippen molar-refractivity contribution in [2.24, 2.45) is 0 Å². The van der Waals surface area contributed by atoms with Gasteiger partial charge in [-0.25, -0.2) is 9.18 Å². The van der Waals surface area contributed by atoms with E-state index < -0.39 is 24.3 Å². The van der Waals surface area contributed by atoms with Crippen molar-refractivity contribution in [2.45, 2.75) is 0 Å². The zero-order valence-electron chi connectivity index (χ0n) is 11.8. The molecular formula is C16H14FNO4. The summed E-state index contributed by atoms with van der Waals surface area (Å²) in [6.07, 6.45) is 0. The fraction of sp³-hybridized carbons (Fsp3) is 0.125.